The van der Waals surface area contributed by atoms with E-state index in [1.54, 1.807) is 48.6 Å². The van der Waals surface area contributed by atoms with Gasteiger partial charge in [-0.25, -0.2) is 0 Å². The van der Waals surface area contributed by atoms with Gasteiger partial charge in [-0.3, -0.25) is 9.59 Å². The third-order valence-electron chi connectivity index (χ3n) is 4.58. The van der Waals surface area contributed by atoms with Crippen molar-refractivity contribution in [3.05, 3.63) is 64.7 Å². The van der Waals surface area contributed by atoms with Crippen molar-refractivity contribution >= 4 is 29.2 Å². The molecule has 6 heteroatoms. The molecule has 0 atom stereocenters. The number of carbonyl (C=O) groups excluding carboxylic acids is 2. The Morgan fingerprint density at radius 1 is 1.18 bits per heavy atom. The van der Waals surface area contributed by atoms with Crippen LogP contribution in [0.2, 0.25) is 0 Å². The number of methoxy groups -OCH3 is 1. The van der Waals surface area contributed by atoms with Crippen molar-refractivity contribution < 1.29 is 14.3 Å². The van der Waals surface area contributed by atoms with E-state index < -0.39 is 0 Å². The van der Waals surface area contributed by atoms with Crippen molar-refractivity contribution in [1.82, 2.24) is 5.32 Å². The standard InChI is InChI=1S/C22H23N3O3/c1-13(26)15-6-3-14(4-7-15)5-11-18(23)20-19(24)12-10-17(21(20)28-2)22(27)25-16-8-9-16/h3-7,10-12,16,23H,8-9,24H2,1-2H3,(H,25,27)/b11-5+,23-18?. The first-order valence-corrected chi connectivity index (χ1v) is 9.06. The van der Waals surface area contributed by atoms with Crippen LogP contribution >= 0.6 is 0 Å². The van der Waals surface area contributed by atoms with Crippen LogP contribution < -0.4 is 15.8 Å². The van der Waals surface area contributed by atoms with Crippen molar-refractivity contribution in [2.75, 3.05) is 12.8 Å². The molecule has 0 unspecified atom stereocenters. The number of ketones is 1. The molecule has 0 aromatic heterocycles. The minimum absolute atomic E-state index is 0.00192. The topological polar surface area (TPSA) is 105 Å². The van der Waals surface area contributed by atoms with Gasteiger partial charge in [0.2, 0.25) is 0 Å². The summed E-state index contributed by atoms with van der Waals surface area (Å²) < 4.78 is 5.44. The fourth-order valence-corrected chi connectivity index (χ4v) is 2.85. The van der Waals surface area contributed by atoms with E-state index in [1.807, 2.05) is 0 Å². The summed E-state index contributed by atoms with van der Waals surface area (Å²) in [5.41, 5.74) is 8.79. The van der Waals surface area contributed by atoms with Crippen LogP contribution in [0.5, 0.6) is 5.75 Å². The highest BCUT2D eigenvalue weighted by Gasteiger charge is 2.26. The lowest BCUT2D eigenvalue weighted by atomic mass is 10.0. The summed E-state index contributed by atoms with van der Waals surface area (Å²) in [6, 6.07) is 10.5. The first-order valence-electron chi connectivity index (χ1n) is 9.06. The number of anilines is 1. The molecule has 0 aliphatic heterocycles. The molecule has 2 aromatic carbocycles. The number of hydrogen-bond acceptors (Lipinski definition) is 5. The van der Waals surface area contributed by atoms with Gasteiger partial charge in [-0.05, 0) is 43.5 Å². The number of nitrogen functional groups attached to an aromatic ring is 1. The van der Waals surface area contributed by atoms with Crippen molar-refractivity contribution in [3.63, 3.8) is 0 Å². The third kappa shape index (κ3) is 4.28. The van der Waals surface area contributed by atoms with Gasteiger partial charge in [-0.1, -0.05) is 30.3 Å². The normalized spacial score (nSPS) is 13.4. The molecule has 0 saturated heterocycles. The fraction of sp³-hybridized carbons (Fsp3) is 0.227. The third-order valence-corrected chi connectivity index (χ3v) is 4.58. The number of hydrogen-bond donors (Lipinski definition) is 3. The van der Waals surface area contributed by atoms with E-state index in [-0.39, 0.29) is 23.4 Å². The average molecular weight is 377 g/mol. The molecule has 1 saturated carbocycles. The molecular formula is C22H23N3O3. The molecule has 0 radical (unpaired) electrons. The first-order chi connectivity index (χ1) is 13.4. The van der Waals surface area contributed by atoms with E-state index in [4.69, 9.17) is 15.9 Å². The monoisotopic (exact) mass is 377 g/mol. The zero-order valence-electron chi connectivity index (χ0n) is 15.9. The fourth-order valence-electron chi connectivity index (χ4n) is 2.85. The Hall–Kier alpha value is -3.41. The Balaban J connectivity index is 1.87. The maximum absolute atomic E-state index is 12.5. The summed E-state index contributed by atoms with van der Waals surface area (Å²) in [4.78, 5) is 23.8. The van der Waals surface area contributed by atoms with Crippen molar-refractivity contribution in [1.29, 1.82) is 5.41 Å². The van der Waals surface area contributed by atoms with Crippen LogP contribution in [0.25, 0.3) is 6.08 Å². The SMILES string of the molecule is COc1c(C(=O)NC2CC2)ccc(N)c1C(=N)/C=C/c1ccc(C(C)=O)cc1. The summed E-state index contributed by atoms with van der Waals surface area (Å²) in [5, 5.41) is 11.4. The quantitative estimate of drug-likeness (QED) is 0.390. The van der Waals surface area contributed by atoms with E-state index in [0.29, 0.717) is 28.1 Å². The van der Waals surface area contributed by atoms with Gasteiger partial charge in [0.05, 0.1) is 23.9 Å². The van der Waals surface area contributed by atoms with Gasteiger partial charge in [0.15, 0.2) is 5.78 Å². The van der Waals surface area contributed by atoms with Crippen molar-refractivity contribution in [2.45, 2.75) is 25.8 Å². The molecule has 1 fully saturated rings. The van der Waals surface area contributed by atoms with Gasteiger partial charge in [0.25, 0.3) is 5.91 Å². The molecule has 0 heterocycles. The minimum atomic E-state index is -0.225. The predicted octanol–water partition coefficient (Wildman–Crippen LogP) is 3.45. The number of nitrogens with one attached hydrogen (secondary N) is 2. The molecule has 0 spiro atoms. The number of amides is 1. The van der Waals surface area contributed by atoms with Gasteiger partial charge in [-0.15, -0.1) is 0 Å². The predicted molar refractivity (Wildman–Crippen MR) is 110 cm³/mol. The van der Waals surface area contributed by atoms with Crippen molar-refractivity contribution in [2.24, 2.45) is 0 Å². The molecule has 6 nitrogen and oxygen atoms in total. The molecule has 144 valence electrons. The molecule has 0 bridgehead atoms. The lowest BCUT2D eigenvalue weighted by Gasteiger charge is -2.15. The second kappa shape index (κ2) is 8.08. The van der Waals surface area contributed by atoms with Crippen LogP contribution in [0, 0.1) is 5.41 Å². The molecule has 3 rings (SSSR count). The van der Waals surface area contributed by atoms with Crippen molar-refractivity contribution in [3.8, 4) is 5.75 Å². The van der Waals surface area contributed by atoms with E-state index >= 15 is 0 Å². The Morgan fingerprint density at radius 2 is 1.86 bits per heavy atom. The van der Waals surface area contributed by atoms with E-state index in [0.717, 1.165) is 18.4 Å². The van der Waals surface area contributed by atoms with Crippen LogP contribution in [0.3, 0.4) is 0 Å². The maximum atomic E-state index is 12.5. The summed E-state index contributed by atoms with van der Waals surface area (Å²) in [6.07, 6.45) is 5.31. The lowest BCUT2D eigenvalue weighted by molar-refractivity contribution is 0.0947. The lowest BCUT2D eigenvalue weighted by Crippen LogP contribution is -2.26. The van der Waals surface area contributed by atoms with Gasteiger partial charge in [0, 0.05) is 17.3 Å². The average Bonchev–Trinajstić information content (AvgIpc) is 3.49. The summed E-state index contributed by atoms with van der Waals surface area (Å²) in [7, 11) is 1.46. The minimum Gasteiger partial charge on any atom is -0.495 e. The van der Waals surface area contributed by atoms with Gasteiger partial charge in [-0.2, -0.15) is 0 Å². The molecule has 1 amide bonds. The second-order valence-electron chi connectivity index (χ2n) is 6.78. The number of Topliss-reactive ketones (excluding diaryl/α,β-unsaturated/α-hetero) is 1. The van der Waals surface area contributed by atoms with Gasteiger partial charge < -0.3 is 21.2 Å². The number of ether oxygens (including phenoxy) is 1. The molecule has 4 N–H and O–H groups in total. The smallest absolute Gasteiger partial charge is 0.255 e. The largest absolute Gasteiger partial charge is 0.495 e. The van der Waals surface area contributed by atoms with E-state index in [2.05, 4.69) is 5.32 Å². The highest BCUT2D eigenvalue weighted by molar-refractivity contribution is 6.15. The number of benzene rings is 2. The number of allylic oxidation sites excluding steroid dienone is 1. The van der Waals surface area contributed by atoms with Crippen LogP contribution in [0.1, 0.15) is 51.6 Å². The summed E-state index contributed by atoms with van der Waals surface area (Å²) in [5.74, 6) is 0.0685. The molecular weight excluding hydrogens is 354 g/mol. The summed E-state index contributed by atoms with van der Waals surface area (Å²) in [6.45, 7) is 1.52. The molecule has 28 heavy (non-hydrogen) atoms. The Bertz CT molecular complexity index is 958. The highest BCUT2D eigenvalue weighted by Crippen LogP contribution is 2.31. The molecule has 2 aromatic rings. The maximum Gasteiger partial charge on any atom is 0.255 e. The molecule has 1 aliphatic carbocycles. The van der Waals surface area contributed by atoms with E-state index in [9.17, 15) is 9.59 Å². The number of rotatable bonds is 7. The Morgan fingerprint density at radius 3 is 2.43 bits per heavy atom. The highest BCUT2D eigenvalue weighted by atomic mass is 16.5. The second-order valence-corrected chi connectivity index (χ2v) is 6.78. The van der Waals surface area contributed by atoms with Gasteiger partial charge in [0.1, 0.15) is 5.75 Å². The van der Waals surface area contributed by atoms with Crippen LogP contribution in [-0.4, -0.2) is 30.6 Å². The first kappa shape index (κ1) is 19.4. The van der Waals surface area contributed by atoms with Crippen LogP contribution in [-0.2, 0) is 0 Å². The van der Waals surface area contributed by atoms with Crippen LogP contribution in [0.4, 0.5) is 5.69 Å². The number of nitrogens with two attached hydrogens (primary N) is 1. The summed E-state index contributed by atoms with van der Waals surface area (Å²) >= 11 is 0. The zero-order chi connectivity index (χ0) is 20.3. The zero-order valence-corrected chi connectivity index (χ0v) is 15.9. The Kier molecular flexibility index (Phi) is 5.59. The Labute approximate surface area is 163 Å². The number of carbonyl (C=O) groups is 2. The van der Waals surface area contributed by atoms with Gasteiger partial charge >= 0.3 is 0 Å². The molecule has 1 aliphatic rings. The van der Waals surface area contributed by atoms with Crippen LogP contribution in [0.15, 0.2) is 42.5 Å². The van der Waals surface area contributed by atoms with E-state index in [1.165, 1.54) is 14.0 Å².